The van der Waals surface area contributed by atoms with E-state index < -0.39 is 0 Å². The third-order valence-corrected chi connectivity index (χ3v) is 3.67. The Kier molecular flexibility index (Phi) is 3.16. The highest BCUT2D eigenvalue weighted by molar-refractivity contribution is 7.16. The van der Waals surface area contributed by atoms with Crippen molar-refractivity contribution in [1.29, 1.82) is 0 Å². The standard InChI is InChI=1S/C13H14N4OS/c1-3-11-14-15-13-17(11)16-12(19-13)8-18-10-6-4-9(2)5-7-10/h4-7H,3,8H2,1-2H3. The number of fused-ring (bicyclic) bond motifs is 1. The van der Waals surface area contributed by atoms with Crippen LogP contribution in [0, 0.1) is 6.92 Å². The van der Waals surface area contributed by atoms with Crippen LogP contribution in [0.3, 0.4) is 0 Å². The second kappa shape index (κ2) is 4.97. The summed E-state index contributed by atoms with van der Waals surface area (Å²) >= 11 is 1.51. The van der Waals surface area contributed by atoms with Crippen molar-refractivity contribution < 1.29 is 4.74 Å². The van der Waals surface area contributed by atoms with Crippen LogP contribution in [0.4, 0.5) is 0 Å². The normalized spacial score (nSPS) is 11.1. The smallest absolute Gasteiger partial charge is 0.234 e. The topological polar surface area (TPSA) is 52.3 Å². The maximum Gasteiger partial charge on any atom is 0.234 e. The first-order valence-electron chi connectivity index (χ1n) is 6.15. The Hall–Kier alpha value is -1.95. The molecule has 0 radical (unpaired) electrons. The Morgan fingerprint density at radius 1 is 1.21 bits per heavy atom. The first-order valence-corrected chi connectivity index (χ1v) is 6.97. The molecule has 0 fully saturated rings. The van der Waals surface area contributed by atoms with E-state index in [1.54, 1.807) is 4.52 Å². The summed E-state index contributed by atoms with van der Waals surface area (Å²) in [5.41, 5.74) is 1.22. The van der Waals surface area contributed by atoms with Crippen molar-refractivity contribution in [2.45, 2.75) is 26.9 Å². The van der Waals surface area contributed by atoms with Crippen LogP contribution >= 0.6 is 11.3 Å². The van der Waals surface area contributed by atoms with E-state index in [2.05, 4.69) is 22.2 Å². The predicted octanol–water partition coefficient (Wildman–Crippen LogP) is 2.64. The highest BCUT2D eigenvalue weighted by Gasteiger charge is 2.10. The molecular weight excluding hydrogens is 260 g/mol. The van der Waals surface area contributed by atoms with Gasteiger partial charge in [-0.25, -0.2) is 0 Å². The Morgan fingerprint density at radius 2 is 2.00 bits per heavy atom. The molecule has 0 saturated carbocycles. The summed E-state index contributed by atoms with van der Waals surface area (Å²) in [5.74, 6) is 1.74. The zero-order chi connectivity index (χ0) is 13.2. The number of ether oxygens (including phenoxy) is 1. The lowest BCUT2D eigenvalue weighted by Gasteiger charge is -2.03. The second-order valence-corrected chi connectivity index (χ2v) is 5.30. The molecule has 0 aliphatic heterocycles. The van der Waals surface area contributed by atoms with Gasteiger partial charge in [0.15, 0.2) is 10.8 Å². The minimum absolute atomic E-state index is 0.459. The van der Waals surface area contributed by atoms with E-state index in [9.17, 15) is 0 Å². The molecule has 0 bridgehead atoms. The molecule has 0 atom stereocenters. The molecule has 0 unspecified atom stereocenters. The second-order valence-electron chi connectivity index (χ2n) is 4.26. The van der Waals surface area contributed by atoms with E-state index in [0.717, 1.165) is 28.0 Å². The Balaban J connectivity index is 1.74. The molecule has 1 aromatic carbocycles. The number of benzene rings is 1. The van der Waals surface area contributed by atoms with Crippen LogP contribution in [0.25, 0.3) is 4.96 Å². The van der Waals surface area contributed by atoms with Gasteiger partial charge in [0.2, 0.25) is 4.96 Å². The van der Waals surface area contributed by atoms with E-state index in [-0.39, 0.29) is 0 Å². The Bertz CT molecular complexity index is 686. The Labute approximate surface area is 114 Å². The van der Waals surface area contributed by atoms with Crippen molar-refractivity contribution in [2.24, 2.45) is 0 Å². The molecule has 2 heterocycles. The van der Waals surface area contributed by atoms with Gasteiger partial charge in [-0.1, -0.05) is 36.0 Å². The summed E-state index contributed by atoms with van der Waals surface area (Å²) in [7, 11) is 0. The van der Waals surface area contributed by atoms with Gasteiger partial charge < -0.3 is 4.74 Å². The van der Waals surface area contributed by atoms with Crippen molar-refractivity contribution in [3.8, 4) is 5.75 Å². The summed E-state index contributed by atoms with van der Waals surface area (Å²) in [6.45, 7) is 4.55. The molecule has 0 saturated heterocycles. The highest BCUT2D eigenvalue weighted by Crippen LogP contribution is 2.18. The number of hydrogen-bond acceptors (Lipinski definition) is 5. The van der Waals surface area contributed by atoms with Crippen LogP contribution < -0.4 is 4.74 Å². The first-order chi connectivity index (χ1) is 9.26. The molecule has 98 valence electrons. The molecule has 19 heavy (non-hydrogen) atoms. The lowest BCUT2D eigenvalue weighted by atomic mass is 10.2. The molecule has 0 spiro atoms. The van der Waals surface area contributed by atoms with Crippen LogP contribution in [0.5, 0.6) is 5.75 Å². The van der Waals surface area contributed by atoms with Crippen LogP contribution in [-0.2, 0) is 13.0 Å². The summed E-state index contributed by atoms with van der Waals surface area (Å²) in [4.78, 5) is 0.819. The lowest BCUT2D eigenvalue weighted by Crippen LogP contribution is -1.98. The summed E-state index contributed by atoms with van der Waals surface area (Å²) in [6, 6.07) is 7.99. The van der Waals surface area contributed by atoms with Crippen molar-refractivity contribution in [3.05, 3.63) is 40.7 Å². The van der Waals surface area contributed by atoms with E-state index in [0.29, 0.717) is 6.61 Å². The molecule has 6 heteroatoms. The fraction of sp³-hybridized carbons (Fsp3) is 0.308. The van der Waals surface area contributed by atoms with Crippen LogP contribution in [0.1, 0.15) is 23.3 Å². The van der Waals surface area contributed by atoms with E-state index >= 15 is 0 Å². The molecule has 0 aliphatic carbocycles. The average molecular weight is 274 g/mol. The average Bonchev–Trinajstić information content (AvgIpc) is 2.97. The summed E-state index contributed by atoms with van der Waals surface area (Å²) < 4.78 is 7.50. The van der Waals surface area contributed by atoms with Gasteiger partial charge in [0.1, 0.15) is 12.4 Å². The maximum absolute atomic E-state index is 5.71. The predicted molar refractivity (Wildman–Crippen MR) is 73.5 cm³/mol. The van der Waals surface area contributed by atoms with Crippen LogP contribution in [0.15, 0.2) is 24.3 Å². The van der Waals surface area contributed by atoms with E-state index in [1.807, 2.05) is 31.2 Å². The van der Waals surface area contributed by atoms with Gasteiger partial charge in [-0.3, -0.25) is 0 Å². The quantitative estimate of drug-likeness (QED) is 0.734. The zero-order valence-corrected chi connectivity index (χ0v) is 11.6. The van der Waals surface area contributed by atoms with E-state index in [1.165, 1.54) is 16.9 Å². The number of nitrogens with zero attached hydrogens (tertiary/aromatic N) is 4. The molecule has 2 aromatic heterocycles. The number of rotatable bonds is 4. The van der Waals surface area contributed by atoms with Crippen LogP contribution in [0.2, 0.25) is 0 Å². The third-order valence-electron chi connectivity index (χ3n) is 2.80. The SMILES string of the molecule is CCc1nnc2sc(COc3ccc(C)cc3)nn12. The Morgan fingerprint density at radius 3 is 2.74 bits per heavy atom. The van der Waals surface area contributed by atoms with Crippen molar-refractivity contribution in [2.75, 3.05) is 0 Å². The summed E-state index contributed by atoms with van der Waals surface area (Å²) in [6.07, 6.45) is 0.823. The molecule has 0 N–H and O–H groups in total. The monoisotopic (exact) mass is 274 g/mol. The number of hydrogen-bond donors (Lipinski definition) is 0. The van der Waals surface area contributed by atoms with Crippen LogP contribution in [-0.4, -0.2) is 19.8 Å². The van der Waals surface area contributed by atoms with Crippen molar-refractivity contribution in [3.63, 3.8) is 0 Å². The molecule has 0 aliphatic rings. The van der Waals surface area contributed by atoms with E-state index in [4.69, 9.17) is 4.74 Å². The summed E-state index contributed by atoms with van der Waals surface area (Å²) in [5, 5.41) is 13.5. The van der Waals surface area contributed by atoms with Gasteiger partial charge in [0.05, 0.1) is 0 Å². The van der Waals surface area contributed by atoms with Gasteiger partial charge in [-0.05, 0) is 19.1 Å². The van der Waals surface area contributed by atoms with Gasteiger partial charge in [-0.2, -0.15) is 9.61 Å². The minimum atomic E-state index is 0.459. The minimum Gasteiger partial charge on any atom is -0.486 e. The van der Waals surface area contributed by atoms with Gasteiger partial charge in [0, 0.05) is 6.42 Å². The lowest BCUT2D eigenvalue weighted by molar-refractivity contribution is 0.304. The fourth-order valence-electron chi connectivity index (χ4n) is 1.76. The maximum atomic E-state index is 5.71. The molecule has 3 rings (SSSR count). The molecular formula is C13H14N4OS. The van der Waals surface area contributed by atoms with Gasteiger partial charge >= 0.3 is 0 Å². The number of aryl methyl sites for hydroxylation is 2. The first kappa shape index (κ1) is 12.1. The zero-order valence-electron chi connectivity index (χ0n) is 10.8. The van der Waals surface area contributed by atoms with Gasteiger partial charge in [0.25, 0.3) is 0 Å². The highest BCUT2D eigenvalue weighted by atomic mass is 32.1. The number of aromatic nitrogens is 4. The third kappa shape index (κ3) is 2.44. The van der Waals surface area contributed by atoms with Gasteiger partial charge in [-0.15, -0.1) is 10.2 Å². The molecule has 3 aromatic rings. The van der Waals surface area contributed by atoms with Crippen molar-refractivity contribution in [1.82, 2.24) is 19.8 Å². The fourth-order valence-corrected chi connectivity index (χ4v) is 2.52. The van der Waals surface area contributed by atoms with Crippen molar-refractivity contribution >= 4 is 16.3 Å². The largest absolute Gasteiger partial charge is 0.486 e. The molecule has 5 nitrogen and oxygen atoms in total. The molecule has 0 amide bonds.